The third-order valence-electron chi connectivity index (χ3n) is 4.69. The molecule has 0 aromatic heterocycles. The Bertz CT molecular complexity index is 703. The van der Waals surface area contributed by atoms with E-state index in [0.717, 1.165) is 11.1 Å². The number of phenolic OH excluding ortho intramolecular Hbond substituents is 1. The fraction of sp³-hybridized carbons (Fsp3) is 0.409. The SMILES string of the molecule is CC1(C)CCCCC1.O=C(O)Nc1cc(O)cc(Cc2ccccc2)c1. The first-order valence-electron chi connectivity index (χ1n) is 9.21. The molecule has 4 nitrogen and oxygen atoms in total. The predicted octanol–water partition coefficient (Wildman–Crippen LogP) is 6.05. The number of phenols is 1. The molecule has 140 valence electrons. The Balaban J connectivity index is 0.000000254. The Morgan fingerprint density at radius 3 is 2.19 bits per heavy atom. The minimum absolute atomic E-state index is 0.0483. The van der Waals surface area contributed by atoms with Gasteiger partial charge in [-0.1, -0.05) is 63.4 Å². The highest BCUT2D eigenvalue weighted by atomic mass is 16.4. The van der Waals surface area contributed by atoms with Gasteiger partial charge in [0.15, 0.2) is 0 Å². The number of carboxylic acid groups (broad SMARTS) is 1. The van der Waals surface area contributed by atoms with Crippen LogP contribution >= 0.6 is 0 Å². The Morgan fingerprint density at radius 2 is 1.65 bits per heavy atom. The zero-order chi connectivity index (χ0) is 19.0. The van der Waals surface area contributed by atoms with Gasteiger partial charge in [0.1, 0.15) is 5.75 Å². The molecule has 2 aromatic rings. The van der Waals surface area contributed by atoms with Gasteiger partial charge in [0, 0.05) is 11.8 Å². The van der Waals surface area contributed by atoms with Crippen LogP contribution in [0.25, 0.3) is 0 Å². The van der Waals surface area contributed by atoms with Crippen LogP contribution in [0.3, 0.4) is 0 Å². The maximum absolute atomic E-state index is 10.6. The third kappa shape index (κ3) is 7.18. The monoisotopic (exact) mass is 355 g/mol. The lowest BCUT2D eigenvalue weighted by atomic mass is 9.78. The van der Waals surface area contributed by atoms with Gasteiger partial charge >= 0.3 is 6.09 Å². The Hall–Kier alpha value is -2.49. The first-order chi connectivity index (χ1) is 12.3. The van der Waals surface area contributed by atoms with E-state index in [0.29, 0.717) is 17.5 Å². The lowest BCUT2D eigenvalue weighted by molar-refractivity contribution is 0.209. The van der Waals surface area contributed by atoms with Gasteiger partial charge in [-0.15, -0.1) is 0 Å². The van der Waals surface area contributed by atoms with Crippen LogP contribution in [0.2, 0.25) is 0 Å². The molecule has 26 heavy (non-hydrogen) atoms. The van der Waals surface area contributed by atoms with Crippen molar-refractivity contribution in [2.24, 2.45) is 5.41 Å². The molecule has 2 aromatic carbocycles. The van der Waals surface area contributed by atoms with E-state index in [-0.39, 0.29) is 5.75 Å². The zero-order valence-corrected chi connectivity index (χ0v) is 15.7. The fourth-order valence-corrected chi connectivity index (χ4v) is 3.31. The summed E-state index contributed by atoms with van der Waals surface area (Å²) in [7, 11) is 0. The molecular formula is C22H29NO3. The maximum atomic E-state index is 10.6. The molecular weight excluding hydrogens is 326 g/mol. The van der Waals surface area contributed by atoms with E-state index in [4.69, 9.17) is 5.11 Å². The van der Waals surface area contributed by atoms with Crippen LogP contribution in [0.5, 0.6) is 5.75 Å². The fourth-order valence-electron chi connectivity index (χ4n) is 3.31. The van der Waals surface area contributed by atoms with Gasteiger partial charge in [-0.25, -0.2) is 4.79 Å². The number of amides is 1. The van der Waals surface area contributed by atoms with Gasteiger partial charge in [-0.3, -0.25) is 5.32 Å². The van der Waals surface area contributed by atoms with E-state index >= 15 is 0 Å². The normalized spacial score (nSPS) is 15.5. The van der Waals surface area contributed by atoms with E-state index in [2.05, 4.69) is 19.2 Å². The van der Waals surface area contributed by atoms with Crippen LogP contribution in [0.15, 0.2) is 48.5 Å². The number of benzene rings is 2. The maximum Gasteiger partial charge on any atom is 0.409 e. The smallest absolute Gasteiger partial charge is 0.409 e. The molecule has 0 heterocycles. The second-order valence-electron chi connectivity index (χ2n) is 7.71. The van der Waals surface area contributed by atoms with Crippen molar-refractivity contribution in [2.75, 3.05) is 5.32 Å². The van der Waals surface area contributed by atoms with Gasteiger partial charge in [0.25, 0.3) is 0 Å². The second-order valence-corrected chi connectivity index (χ2v) is 7.71. The highest BCUT2D eigenvalue weighted by molar-refractivity contribution is 5.83. The number of aromatic hydroxyl groups is 1. The van der Waals surface area contributed by atoms with Gasteiger partial charge in [-0.05, 0) is 47.9 Å². The van der Waals surface area contributed by atoms with Gasteiger partial charge < -0.3 is 10.2 Å². The lowest BCUT2D eigenvalue weighted by Crippen LogP contribution is -2.14. The lowest BCUT2D eigenvalue weighted by Gasteiger charge is -2.28. The van der Waals surface area contributed by atoms with Crippen molar-refractivity contribution in [3.8, 4) is 5.75 Å². The molecule has 0 unspecified atom stereocenters. The molecule has 3 N–H and O–H groups in total. The van der Waals surface area contributed by atoms with Gasteiger partial charge in [0.05, 0.1) is 0 Å². The average Bonchev–Trinajstić information content (AvgIpc) is 2.55. The molecule has 0 spiro atoms. The summed E-state index contributed by atoms with van der Waals surface area (Å²) in [6.45, 7) is 4.76. The Kier molecular flexibility index (Phi) is 7.07. The van der Waals surface area contributed by atoms with E-state index in [1.807, 2.05) is 30.3 Å². The summed E-state index contributed by atoms with van der Waals surface area (Å²) in [5.41, 5.74) is 3.00. The first-order valence-corrected chi connectivity index (χ1v) is 9.21. The molecule has 0 radical (unpaired) electrons. The molecule has 0 aliphatic heterocycles. The van der Waals surface area contributed by atoms with Crippen LogP contribution < -0.4 is 5.32 Å². The highest BCUT2D eigenvalue weighted by Gasteiger charge is 2.19. The summed E-state index contributed by atoms with van der Waals surface area (Å²) < 4.78 is 0. The van der Waals surface area contributed by atoms with Crippen molar-refractivity contribution in [3.63, 3.8) is 0 Å². The molecule has 1 aliphatic rings. The van der Waals surface area contributed by atoms with E-state index < -0.39 is 6.09 Å². The second kappa shape index (κ2) is 9.27. The van der Waals surface area contributed by atoms with Crippen molar-refractivity contribution in [3.05, 3.63) is 59.7 Å². The molecule has 1 fully saturated rings. The summed E-state index contributed by atoms with van der Waals surface area (Å²) in [5.74, 6) is 0.0483. The first kappa shape index (κ1) is 19.8. The molecule has 4 heteroatoms. The summed E-state index contributed by atoms with van der Waals surface area (Å²) in [5, 5.41) is 20.4. The van der Waals surface area contributed by atoms with Crippen LogP contribution in [-0.4, -0.2) is 16.3 Å². The van der Waals surface area contributed by atoms with E-state index in [9.17, 15) is 9.90 Å². The number of anilines is 1. The van der Waals surface area contributed by atoms with Crippen molar-refractivity contribution >= 4 is 11.8 Å². The molecule has 3 rings (SSSR count). The highest BCUT2D eigenvalue weighted by Crippen LogP contribution is 2.34. The summed E-state index contributed by atoms with van der Waals surface area (Å²) in [6.07, 6.45) is 6.80. The number of nitrogens with one attached hydrogen (secondary N) is 1. The topological polar surface area (TPSA) is 69.6 Å². The largest absolute Gasteiger partial charge is 0.508 e. The molecule has 0 bridgehead atoms. The number of hydrogen-bond acceptors (Lipinski definition) is 2. The molecule has 0 saturated heterocycles. The van der Waals surface area contributed by atoms with E-state index in [1.54, 1.807) is 12.1 Å². The number of hydrogen-bond donors (Lipinski definition) is 3. The van der Waals surface area contributed by atoms with Crippen LogP contribution in [0, 0.1) is 5.41 Å². The quantitative estimate of drug-likeness (QED) is 0.628. The molecule has 1 amide bonds. The Morgan fingerprint density at radius 1 is 1.00 bits per heavy atom. The van der Waals surface area contributed by atoms with Crippen LogP contribution in [0.4, 0.5) is 10.5 Å². The zero-order valence-electron chi connectivity index (χ0n) is 15.7. The number of carbonyl (C=O) groups is 1. The van der Waals surface area contributed by atoms with E-state index in [1.165, 1.54) is 38.2 Å². The summed E-state index contributed by atoms with van der Waals surface area (Å²) in [4.78, 5) is 10.6. The van der Waals surface area contributed by atoms with Crippen molar-refractivity contribution in [1.82, 2.24) is 0 Å². The molecule has 1 aliphatic carbocycles. The molecule has 0 atom stereocenters. The van der Waals surface area contributed by atoms with Crippen LogP contribution in [0.1, 0.15) is 57.1 Å². The minimum Gasteiger partial charge on any atom is -0.508 e. The third-order valence-corrected chi connectivity index (χ3v) is 4.69. The standard InChI is InChI=1S/C14H13NO3.C8H16/c16-13-8-11(6-10-4-2-1-3-5-10)7-12(9-13)15-14(17)18;1-8(2)6-4-3-5-7-8/h1-5,7-9,15-16H,6H2,(H,17,18);3-7H2,1-2H3. The van der Waals surface area contributed by atoms with Gasteiger partial charge in [-0.2, -0.15) is 0 Å². The van der Waals surface area contributed by atoms with Crippen molar-refractivity contribution < 1.29 is 15.0 Å². The average molecular weight is 355 g/mol. The van der Waals surface area contributed by atoms with Crippen molar-refractivity contribution in [1.29, 1.82) is 0 Å². The molecule has 1 saturated carbocycles. The number of rotatable bonds is 3. The summed E-state index contributed by atoms with van der Waals surface area (Å²) >= 11 is 0. The van der Waals surface area contributed by atoms with Crippen LogP contribution in [-0.2, 0) is 6.42 Å². The minimum atomic E-state index is -1.15. The summed E-state index contributed by atoms with van der Waals surface area (Å²) in [6, 6.07) is 14.5. The van der Waals surface area contributed by atoms with Crippen molar-refractivity contribution in [2.45, 2.75) is 52.4 Å². The predicted molar refractivity (Wildman–Crippen MR) is 106 cm³/mol. The Labute approximate surface area is 155 Å². The van der Waals surface area contributed by atoms with Gasteiger partial charge in [0.2, 0.25) is 0 Å².